The van der Waals surface area contributed by atoms with Gasteiger partial charge in [-0.3, -0.25) is 0 Å². The Labute approximate surface area is 123 Å². The second kappa shape index (κ2) is 5.58. The lowest BCUT2D eigenvalue weighted by Crippen LogP contribution is -2.05. The van der Waals surface area contributed by atoms with Gasteiger partial charge in [0.2, 0.25) is 5.89 Å². The third-order valence-corrected chi connectivity index (χ3v) is 3.14. The summed E-state index contributed by atoms with van der Waals surface area (Å²) in [6.07, 6.45) is 0.146. The van der Waals surface area contributed by atoms with E-state index in [2.05, 4.69) is 4.98 Å². The third-order valence-electron chi connectivity index (χ3n) is 3.14. The van der Waals surface area contributed by atoms with Gasteiger partial charge in [-0.2, -0.15) is 0 Å². The van der Waals surface area contributed by atoms with Crippen molar-refractivity contribution in [3.63, 3.8) is 0 Å². The largest absolute Gasteiger partial charge is 0.491 e. The minimum absolute atomic E-state index is 0.0624. The molecule has 0 spiro atoms. The van der Waals surface area contributed by atoms with Gasteiger partial charge in [0.25, 0.3) is 0 Å². The first-order valence-corrected chi connectivity index (χ1v) is 6.94. The smallest absolute Gasteiger partial charge is 0.227 e. The van der Waals surface area contributed by atoms with E-state index in [1.807, 2.05) is 56.3 Å². The molecule has 1 heterocycles. The number of hydrogen-bond donors (Lipinski definition) is 1. The Hall–Kier alpha value is -2.33. The summed E-state index contributed by atoms with van der Waals surface area (Å²) in [5.74, 6) is 1.36. The molecule has 0 atom stereocenters. The number of nitrogens with zero attached hydrogens (tertiary/aromatic N) is 1. The first-order valence-electron chi connectivity index (χ1n) is 6.94. The van der Waals surface area contributed by atoms with Gasteiger partial charge < -0.3 is 14.3 Å². The molecule has 0 unspecified atom stereocenters. The first-order chi connectivity index (χ1) is 10.2. The lowest BCUT2D eigenvalue weighted by molar-refractivity contribution is 0.242. The zero-order valence-electron chi connectivity index (χ0n) is 12.0. The number of aliphatic hydroxyl groups excluding tert-OH is 1. The normalized spacial score (nSPS) is 11.2. The molecule has 0 aliphatic carbocycles. The fourth-order valence-electron chi connectivity index (χ4n) is 2.20. The maximum Gasteiger partial charge on any atom is 0.227 e. The second-order valence-electron chi connectivity index (χ2n) is 5.13. The Morgan fingerprint density at radius 2 is 1.90 bits per heavy atom. The van der Waals surface area contributed by atoms with Gasteiger partial charge in [-0.1, -0.05) is 12.1 Å². The standard InChI is InChI=1S/C17H17NO3/c1-11(2)20-14-8-6-12(7-9-14)17-18-15-5-3-4-13(10-19)16(15)21-17/h3-9,11,19H,10H2,1-2H3. The maximum absolute atomic E-state index is 9.33. The van der Waals surface area contributed by atoms with Crippen molar-refractivity contribution < 1.29 is 14.3 Å². The lowest BCUT2D eigenvalue weighted by Gasteiger charge is -2.09. The highest BCUT2D eigenvalue weighted by molar-refractivity contribution is 5.79. The van der Waals surface area contributed by atoms with Gasteiger partial charge in [0.05, 0.1) is 12.7 Å². The molecule has 1 N–H and O–H groups in total. The molecule has 3 aromatic rings. The lowest BCUT2D eigenvalue weighted by atomic mass is 10.2. The van der Waals surface area contributed by atoms with Gasteiger partial charge in [0.15, 0.2) is 5.58 Å². The summed E-state index contributed by atoms with van der Waals surface area (Å²) in [5, 5.41) is 9.33. The van der Waals surface area contributed by atoms with E-state index < -0.39 is 0 Å². The zero-order chi connectivity index (χ0) is 14.8. The molecule has 0 saturated carbocycles. The predicted octanol–water partition coefficient (Wildman–Crippen LogP) is 3.77. The Balaban J connectivity index is 1.96. The number of aromatic nitrogens is 1. The van der Waals surface area contributed by atoms with Gasteiger partial charge in [-0.15, -0.1) is 0 Å². The van der Waals surface area contributed by atoms with E-state index in [-0.39, 0.29) is 12.7 Å². The van der Waals surface area contributed by atoms with E-state index >= 15 is 0 Å². The van der Waals surface area contributed by atoms with E-state index in [0.717, 1.165) is 22.4 Å². The van der Waals surface area contributed by atoms with Gasteiger partial charge in [0.1, 0.15) is 11.3 Å². The van der Waals surface area contributed by atoms with Crippen LogP contribution < -0.4 is 4.74 Å². The number of ether oxygens (including phenoxy) is 1. The number of hydrogen-bond acceptors (Lipinski definition) is 4. The van der Waals surface area contributed by atoms with Crippen molar-refractivity contribution in [3.8, 4) is 17.2 Å². The van der Waals surface area contributed by atoms with Crippen LogP contribution in [-0.4, -0.2) is 16.2 Å². The molecule has 4 heteroatoms. The Morgan fingerprint density at radius 1 is 1.14 bits per heavy atom. The average molecular weight is 283 g/mol. The monoisotopic (exact) mass is 283 g/mol. The minimum atomic E-state index is -0.0624. The van der Waals surface area contributed by atoms with Crippen molar-refractivity contribution in [3.05, 3.63) is 48.0 Å². The molecule has 4 nitrogen and oxygen atoms in total. The van der Waals surface area contributed by atoms with Crippen LogP contribution in [0.5, 0.6) is 5.75 Å². The second-order valence-corrected chi connectivity index (χ2v) is 5.13. The number of aliphatic hydroxyl groups is 1. The van der Waals surface area contributed by atoms with Crippen LogP contribution in [-0.2, 0) is 6.61 Å². The number of oxazole rings is 1. The van der Waals surface area contributed by atoms with Crippen LogP contribution in [0.3, 0.4) is 0 Å². The van der Waals surface area contributed by atoms with Crippen LogP contribution in [0.2, 0.25) is 0 Å². The first kappa shape index (κ1) is 13.6. The van der Waals surface area contributed by atoms with E-state index in [1.165, 1.54) is 0 Å². The number of benzene rings is 2. The van der Waals surface area contributed by atoms with Gasteiger partial charge >= 0.3 is 0 Å². The SMILES string of the molecule is CC(C)Oc1ccc(-c2nc3cccc(CO)c3o2)cc1. The summed E-state index contributed by atoms with van der Waals surface area (Å²) in [6, 6.07) is 13.2. The van der Waals surface area contributed by atoms with Gasteiger partial charge in [-0.25, -0.2) is 4.98 Å². The number of para-hydroxylation sites is 1. The summed E-state index contributed by atoms with van der Waals surface area (Å²) in [7, 11) is 0. The quantitative estimate of drug-likeness (QED) is 0.791. The van der Waals surface area contributed by atoms with E-state index in [4.69, 9.17) is 9.15 Å². The molecule has 0 fully saturated rings. The average Bonchev–Trinajstić information content (AvgIpc) is 2.91. The van der Waals surface area contributed by atoms with Crippen molar-refractivity contribution >= 4 is 11.1 Å². The molecule has 0 bridgehead atoms. The summed E-state index contributed by atoms with van der Waals surface area (Å²) in [5.41, 5.74) is 3.01. The Morgan fingerprint density at radius 3 is 2.57 bits per heavy atom. The Kier molecular flexibility index (Phi) is 3.62. The van der Waals surface area contributed by atoms with Gasteiger partial charge in [-0.05, 0) is 44.2 Å². The summed E-state index contributed by atoms with van der Waals surface area (Å²) < 4.78 is 11.4. The molecular weight excluding hydrogens is 266 g/mol. The fourth-order valence-corrected chi connectivity index (χ4v) is 2.20. The molecule has 1 aromatic heterocycles. The van der Waals surface area contributed by atoms with E-state index in [9.17, 15) is 5.11 Å². The molecule has 0 saturated heterocycles. The molecule has 21 heavy (non-hydrogen) atoms. The zero-order valence-corrected chi connectivity index (χ0v) is 12.0. The third kappa shape index (κ3) is 2.76. The number of fused-ring (bicyclic) bond motifs is 1. The Bertz CT molecular complexity index is 744. The predicted molar refractivity (Wildman–Crippen MR) is 81.1 cm³/mol. The number of rotatable bonds is 4. The molecule has 108 valence electrons. The van der Waals surface area contributed by atoms with Crippen LogP contribution in [0.4, 0.5) is 0 Å². The highest BCUT2D eigenvalue weighted by Gasteiger charge is 2.11. The fraction of sp³-hybridized carbons (Fsp3) is 0.235. The van der Waals surface area contributed by atoms with Crippen LogP contribution >= 0.6 is 0 Å². The molecule has 0 amide bonds. The topological polar surface area (TPSA) is 55.5 Å². The summed E-state index contributed by atoms with van der Waals surface area (Å²) in [4.78, 5) is 4.46. The van der Waals surface area contributed by atoms with Crippen molar-refractivity contribution in [1.82, 2.24) is 4.98 Å². The van der Waals surface area contributed by atoms with Crippen molar-refractivity contribution in [1.29, 1.82) is 0 Å². The minimum Gasteiger partial charge on any atom is -0.491 e. The van der Waals surface area contributed by atoms with E-state index in [0.29, 0.717) is 11.5 Å². The molecule has 0 radical (unpaired) electrons. The molecule has 2 aromatic carbocycles. The van der Waals surface area contributed by atoms with Crippen LogP contribution in [0.1, 0.15) is 19.4 Å². The maximum atomic E-state index is 9.33. The van der Waals surface area contributed by atoms with Crippen molar-refractivity contribution in [2.24, 2.45) is 0 Å². The highest BCUT2D eigenvalue weighted by Crippen LogP contribution is 2.28. The summed E-state index contributed by atoms with van der Waals surface area (Å²) in [6.45, 7) is 3.92. The van der Waals surface area contributed by atoms with Crippen LogP contribution in [0, 0.1) is 0 Å². The molecule has 0 aliphatic rings. The van der Waals surface area contributed by atoms with E-state index in [1.54, 1.807) is 0 Å². The van der Waals surface area contributed by atoms with Crippen LogP contribution in [0.25, 0.3) is 22.6 Å². The molecule has 0 aliphatic heterocycles. The summed E-state index contributed by atoms with van der Waals surface area (Å²) >= 11 is 0. The van der Waals surface area contributed by atoms with Crippen molar-refractivity contribution in [2.45, 2.75) is 26.6 Å². The molecule has 3 rings (SSSR count). The highest BCUT2D eigenvalue weighted by atomic mass is 16.5. The molecular formula is C17H17NO3. The van der Waals surface area contributed by atoms with Crippen LogP contribution in [0.15, 0.2) is 46.9 Å². The van der Waals surface area contributed by atoms with Crippen molar-refractivity contribution in [2.75, 3.05) is 0 Å². The van der Waals surface area contributed by atoms with Gasteiger partial charge in [0, 0.05) is 11.1 Å².